The van der Waals surface area contributed by atoms with Gasteiger partial charge in [-0.15, -0.1) is 11.3 Å². The molecule has 2 aromatic rings. The molecule has 1 heterocycles. The van der Waals surface area contributed by atoms with Crippen LogP contribution in [0.5, 0.6) is 0 Å². The minimum absolute atomic E-state index is 0.0520. The van der Waals surface area contributed by atoms with Crippen molar-refractivity contribution in [2.24, 2.45) is 0 Å². The maximum absolute atomic E-state index is 11.7. The van der Waals surface area contributed by atoms with Crippen molar-refractivity contribution < 1.29 is 14.7 Å². The highest BCUT2D eigenvalue weighted by Gasteiger charge is 2.11. The van der Waals surface area contributed by atoms with Gasteiger partial charge in [-0.05, 0) is 31.9 Å². The van der Waals surface area contributed by atoms with Gasteiger partial charge in [-0.1, -0.05) is 12.1 Å². The van der Waals surface area contributed by atoms with Crippen LogP contribution in [0.4, 0.5) is 0 Å². The van der Waals surface area contributed by atoms with Gasteiger partial charge in [-0.3, -0.25) is 9.59 Å². The Balaban J connectivity index is 1.76. The van der Waals surface area contributed by atoms with Crippen LogP contribution >= 0.6 is 11.3 Å². The lowest BCUT2D eigenvalue weighted by molar-refractivity contribution is -0.137. The summed E-state index contributed by atoms with van der Waals surface area (Å²) in [5.41, 5.74) is 0.997. The molecule has 0 saturated heterocycles. The van der Waals surface area contributed by atoms with Crippen molar-refractivity contribution in [2.45, 2.75) is 38.6 Å². The summed E-state index contributed by atoms with van der Waals surface area (Å²) in [6.07, 6.45) is 1.81. The van der Waals surface area contributed by atoms with Gasteiger partial charge < -0.3 is 10.4 Å². The van der Waals surface area contributed by atoms with Crippen molar-refractivity contribution in [1.29, 1.82) is 0 Å². The minimum Gasteiger partial charge on any atom is -0.481 e. The number of hydrogen-bond donors (Lipinski definition) is 2. The summed E-state index contributed by atoms with van der Waals surface area (Å²) in [7, 11) is 0. The van der Waals surface area contributed by atoms with E-state index < -0.39 is 5.97 Å². The first-order valence-electron chi connectivity index (χ1n) is 6.90. The summed E-state index contributed by atoms with van der Waals surface area (Å²) in [4.78, 5) is 26.7. The Labute approximate surface area is 127 Å². The van der Waals surface area contributed by atoms with Gasteiger partial charge in [0.1, 0.15) is 0 Å². The number of aryl methyl sites for hydroxylation is 1. The number of para-hydroxylation sites is 1. The number of rotatable bonds is 7. The molecule has 0 spiro atoms. The van der Waals surface area contributed by atoms with Crippen LogP contribution in [0.15, 0.2) is 24.3 Å². The number of thiazole rings is 1. The summed E-state index contributed by atoms with van der Waals surface area (Å²) >= 11 is 1.65. The molecule has 2 N–H and O–H groups in total. The van der Waals surface area contributed by atoms with Gasteiger partial charge >= 0.3 is 5.97 Å². The quantitative estimate of drug-likeness (QED) is 0.824. The number of hydrogen-bond acceptors (Lipinski definition) is 4. The zero-order valence-electron chi connectivity index (χ0n) is 11.8. The van der Waals surface area contributed by atoms with Crippen molar-refractivity contribution in [2.75, 3.05) is 0 Å². The number of aliphatic carboxylic acids is 1. The van der Waals surface area contributed by atoms with Crippen LogP contribution in [0, 0.1) is 0 Å². The highest BCUT2D eigenvalue weighted by atomic mass is 32.1. The molecule has 0 aliphatic rings. The van der Waals surface area contributed by atoms with Gasteiger partial charge in [0.2, 0.25) is 5.91 Å². The van der Waals surface area contributed by atoms with Crippen molar-refractivity contribution in [3.63, 3.8) is 0 Å². The van der Waals surface area contributed by atoms with E-state index >= 15 is 0 Å². The van der Waals surface area contributed by atoms with Gasteiger partial charge in [-0.25, -0.2) is 4.98 Å². The zero-order chi connectivity index (χ0) is 15.2. The van der Waals surface area contributed by atoms with Gasteiger partial charge in [-0.2, -0.15) is 0 Å². The molecule has 5 nitrogen and oxygen atoms in total. The van der Waals surface area contributed by atoms with Crippen LogP contribution < -0.4 is 5.32 Å². The maximum atomic E-state index is 11.7. The third-order valence-corrected chi connectivity index (χ3v) is 4.12. The third kappa shape index (κ3) is 4.82. The largest absolute Gasteiger partial charge is 0.481 e. The Morgan fingerprint density at radius 1 is 1.38 bits per heavy atom. The summed E-state index contributed by atoms with van der Waals surface area (Å²) in [6, 6.07) is 7.63. The number of carbonyl (C=O) groups excluding carboxylic acids is 1. The van der Waals surface area contributed by atoms with E-state index in [4.69, 9.17) is 5.11 Å². The van der Waals surface area contributed by atoms with Gasteiger partial charge in [0.15, 0.2) is 0 Å². The van der Waals surface area contributed by atoms with Crippen LogP contribution in [-0.2, 0) is 16.0 Å². The summed E-state index contributed by atoms with van der Waals surface area (Å²) in [5.74, 6) is -1.01. The van der Waals surface area contributed by atoms with E-state index in [2.05, 4.69) is 10.3 Å². The number of nitrogens with zero attached hydrogens (tertiary/aromatic N) is 1. The molecule has 0 radical (unpaired) electrons. The average Bonchev–Trinajstić information content (AvgIpc) is 2.79. The number of fused-ring (bicyclic) bond motifs is 1. The molecule has 0 aliphatic carbocycles. The maximum Gasteiger partial charge on any atom is 0.305 e. The Bertz CT molecular complexity index is 606. The average molecular weight is 306 g/mol. The first kappa shape index (κ1) is 15.4. The van der Waals surface area contributed by atoms with Gasteiger partial charge in [0.05, 0.1) is 21.6 Å². The molecule has 0 fully saturated rings. The highest BCUT2D eigenvalue weighted by molar-refractivity contribution is 7.18. The molecule has 2 rings (SSSR count). The lowest BCUT2D eigenvalue weighted by atomic mass is 10.2. The number of carboxylic acids is 1. The first-order valence-corrected chi connectivity index (χ1v) is 7.72. The third-order valence-electron chi connectivity index (χ3n) is 3.02. The molecule has 112 valence electrons. The van der Waals surface area contributed by atoms with Crippen LogP contribution in [0.1, 0.15) is 31.2 Å². The normalized spacial score (nSPS) is 12.2. The van der Waals surface area contributed by atoms with Gasteiger partial charge in [0.25, 0.3) is 0 Å². The lowest BCUT2D eigenvalue weighted by Gasteiger charge is -2.10. The number of carboxylic acid groups (broad SMARTS) is 1. The second kappa shape index (κ2) is 7.17. The molecule has 21 heavy (non-hydrogen) atoms. The van der Waals surface area contributed by atoms with Crippen LogP contribution in [0.3, 0.4) is 0 Å². The van der Waals surface area contributed by atoms with Crippen molar-refractivity contribution in [3.05, 3.63) is 29.3 Å². The highest BCUT2D eigenvalue weighted by Crippen LogP contribution is 2.22. The van der Waals surface area contributed by atoms with Crippen LogP contribution in [-0.4, -0.2) is 28.0 Å². The monoisotopic (exact) mass is 306 g/mol. The molecule has 6 heteroatoms. The van der Waals surface area contributed by atoms with Crippen molar-refractivity contribution in [1.82, 2.24) is 10.3 Å². The van der Waals surface area contributed by atoms with E-state index in [9.17, 15) is 9.59 Å². The van der Waals surface area contributed by atoms with E-state index in [0.29, 0.717) is 12.8 Å². The molecule has 1 atom stereocenters. The second-order valence-electron chi connectivity index (χ2n) is 5.00. The van der Waals surface area contributed by atoms with E-state index in [1.54, 1.807) is 18.3 Å². The fourth-order valence-corrected chi connectivity index (χ4v) is 3.10. The Morgan fingerprint density at radius 2 is 2.14 bits per heavy atom. The first-order chi connectivity index (χ1) is 10.0. The zero-order valence-corrected chi connectivity index (χ0v) is 12.7. The Morgan fingerprint density at radius 3 is 2.86 bits per heavy atom. The van der Waals surface area contributed by atoms with E-state index in [1.807, 2.05) is 24.3 Å². The number of benzene rings is 1. The van der Waals surface area contributed by atoms with Crippen molar-refractivity contribution in [3.8, 4) is 0 Å². The summed E-state index contributed by atoms with van der Waals surface area (Å²) < 4.78 is 1.16. The predicted molar refractivity (Wildman–Crippen MR) is 82.4 cm³/mol. The summed E-state index contributed by atoms with van der Waals surface area (Å²) in [6.45, 7) is 1.69. The van der Waals surface area contributed by atoms with Crippen LogP contribution in [0.2, 0.25) is 0 Å². The second-order valence-corrected chi connectivity index (χ2v) is 6.11. The molecule has 0 bridgehead atoms. The lowest BCUT2D eigenvalue weighted by Crippen LogP contribution is -2.34. The topological polar surface area (TPSA) is 79.3 Å². The number of amides is 1. The number of aromatic nitrogens is 1. The minimum atomic E-state index is -0.905. The van der Waals surface area contributed by atoms with E-state index in [-0.39, 0.29) is 18.4 Å². The molecular weight excluding hydrogens is 288 g/mol. The van der Waals surface area contributed by atoms with Crippen molar-refractivity contribution >= 4 is 33.4 Å². The molecule has 1 aromatic heterocycles. The smallest absolute Gasteiger partial charge is 0.305 e. The SMILES string of the molecule is CC(CC(=O)O)NC(=O)CCCc1nc2ccccc2s1. The fraction of sp³-hybridized carbons (Fsp3) is 0.400. The van der Waals surface area contributed by atoms with E-state index in [1.165, 1.54) is 0 Å². The van der Waals surface area contributed by atoms with Gasteiger partial charge in [0, 0.05) is 12.5 Å². The Hall–Kier alpha value is -1.95. The molecule has 1 amide bonds. The summed E-state index contributed by atoms with van der Waals surface area (Å²) in [5, 5.41) is 12.3. The molecule has 1 aromatic carbocycles. The Kier molecular flexibility index (Phi) is 5.27. The molecule has 0 saturated carbocycles. The molecular formula is C15H18N2O3S. The van der Waals surface area contributed by atoms with Crippen LogP contribution in [0.25, 0.3) is 10.2 Å². The fourth-order valence-electron chi connectivity index (χ4n) is 2.09. The molecule has 0 aliphatic heterocycles. The van der Waals surface area contributed by atoms with E-state index in [0.717, 1.165) is 21.6 Å². The molecule has 1 unspecified atom stereocenters. The predicted octanol–water partition coefficient (Wildman–Crippen LogP) is 2.60. The number of carbonyl (C=O) groups is 2. The number of nitrogens with one attached hydrogen (secondary N) is 1. The standard InChI is InChI=1S/C15H18N2O3S/c1-10(9-15(19)20)16-13(18)7-4-8-14-17-11-5-2-3-6-12(11)21-14/h2-3,5-6,10H,4,7-9H2,1H3,(H,16,18)(H,19,20).